The van der Waals surface area contributed by atoms with Crippen LogP contribution in [0.25, 0.3) is 0 Å². The van der Waals surface area contributed by atoms with Crippen LogP contribution >= 0.6 is 0 Å². The van der Waals surface area contributed by atoms with Crippen molar-refractivity contribution in [3.05, 3.63) is 0 Å². The molecule has 204 valence electrons. The van der Waals surface area contributed by atoms with E-state index in [-0.39, 0.29) is 30.8 Å². The molecule has 4 aliphatic rings. The van der Waals surface area contributed by atoms with Crippen molar-refractivity contribution in [2.24, 2.45) is 29.6 Å². The van der Waals surface area contributed by atoms with Crippen LogP contribution in [0, 0.1) is 29.6 Å². The normalized spacial score (nSPS) is 48.0. The fraction of sp³-hybridized carbons (Fsp3) is 1.00. The quantitative estimate of drug-likeness (QED) is 0.341. The van der Waals surface area contributed by atoms with Gasteiger partial charge in [0.05, 0.1) is 12.2 Å². The maximum absolute atomic E-state index is 15.0. The fourth-order valence-corrected chi connectivity index (χ4v) is 6.99. The van der Waals surface area contributed by atoms with E-state index in [1.54, 1.807) is 0 Å². The van der Waals surface area contributed by atoms with Crippen LogP contribution in [0.3, 0.4) is 0 Å². The zero-order valence-electron chi connectivity index (χ0n) is 20.4. The van der Waals surface area contributed by atoms with Gasteiger partial charge >= 0.3 is 6.11 Å². The molecule has 0 radical (unpaired) electrons. The van der Waals surface area contributed by atoms with E-state index in [0.717, 1.165) is 45.1 Å². The lowest BCUT2D eigenvalue weighted by Gasteiger charge is -2.44. The molecule has 1 saturated heterocycles. The van der Waals surface area contributed by atoms with Crippen molar-refractivity contribution in [1.29, 1.82) is 0 Å². The number of rotatable bonds is 6. The van der Waals surface area contributed by atoms with Crippen LogP contribution in [0.5, 0.6) is 0 Å². The van der Waals surface area contributed by atoms with Gasteiger partial charge in [-0.2, -0.15) is 8.78 Å². The maximum atomic E-state index is 15.0. The largest absolute Gasteiger partial charge is 0.378 e. The maximum Gasteiger partial charge on any atom is 0.364 e. The summed E-state index contributed by atoms with van der Waals surface area (Å²) in [4.78, 5) is 0. The number of ether oxygens (including phenoxy) is 2. The highest BCUT2D eigenvalue weighted by Gasteiger charge is 2.57. The van der Waals surface area contributed by atoms with E-state index in [1.165, 1.54) is 6.42 Å². The highest BCUT2D eigenvalue weighted by atomic mass is 19.3. The molecule has 0 N–H and O–H groups in total. The predicted octanol–water partition coefficient (Wildman–Crippen LogP) is 7.49. The summed E-state index contributed by atoms with van der Waals surface area (Å²) < 4.78 is 111. The molecular formula is C26H39F7O2. The molecule has 9 heteroatoms. The molecule has 1 heterocycles. The number of hydrogen-bond donors (Lipinski definition) is 0. The average molecular weight is 517 g/mol. The van der Waals surface area contributed by atoms with E-state index in [4.69, 9.17) is 4.74 Å². The summed E-state index contributed by atoms with van der Waals surface area (Å²) in [5.74, 6) is -1.49. The van der Waals surface area contributed by atoms with Crippen LogP contribution in [0.2, 0.25) is 0 Å². The highest BCUT2D eigenvalue weighted by molar-refractivity contribution is 4.96. The molecule has 0 aromatic carbocycles. The summed E-state index contributed by atoms with van der Waals surface area (Å²) in [7, 11) is 0. The molecule has 0 spiro atoms. The second-order valence-electron chi connectivity index (χ2n) is 11.4. The Balaban J connectivity index is 1.28. The molecule has 0 bridgehead atoms. The van der Waals surface area contributed by atoms with E-state index >= 15 is 0 Å². The van der Waals surface area contributed by atoms with Crippen molar-refractivity contribution < 1.29 is 40.2 Å². The molecule has 4 fully saturated rings. The third kappa shape index (κ3) is 6.29. The number of halogens is 7. The molecule has 35 heavy (non-hydrogen) atoms. The van der Waals surface area contributed by atoms with Gasteiger partial charge in [-0.15, -0.1) is 0 Å². The van der Waals surface area contributed by atoms with E-state index in [2.05, 4.69) is 11.7 Å². The second-order valence-corrected chi connectivity index (χ2v) is 11.4. The lowest BCUT2D eigenvalue weighted by molar-refractivity contribution is -0.323. The van der Waals surface area contributed by atoms with Gasteiger partial charge in [-0.05, 0) is 75.0 Å². The Morgan fingerprint density at radius 3 is 1.80 bits per heavy atom. The van der Waals surface area contributed by atoms with Gasteiger partial charge in [-0.25, -0.2) is 22.0 Å². The van der Waals surface area contributed by atoms with Gasteiger partial charge in [-0.3, -0.25) is 0 Å². The summed E-state index contributed by atoms with van der Waals surface area (Å²) in [6.07, 6.45) is -11.9. The van der Waals surface area contributed by atoms with Gasteiger partial charge in [0.15, 0.2) is 6.17 Å². The van der Waals surface area contributed by atoms with Crippen molar-refractivity contribution in [2.75, 3.05) is 6.61 Å². The van der Waals surface area contributed by atoms with Crippen LogP contribution in [-0.4, -0.2) is 55.8 Å². The Bertz CT molecular complexity index is 642. The van der Waals surface area contributed by atoms with Gasteiger partial charge in [0, 0.05) is 19.4 Å². The molecule has 3 saturated carbocycles. The Kier molecular flexibility index (Phi) is 8.98. The summed E-state index contributed by atoms with van der Waals surface area (Å²) in [5, 5.41) is 0. The van der Waals surface area contributed by atoms with Crippen molar-refractivity contribution >= 4 is 0 Å². The summed E-state index contributed by atoms with van der Waals surface area (Å²) >= 11 is 0. The van der Waals surface area contributed by atoms with Crippen molar-refractivity contribution in [1.82, 2.24) is 0 Å². The first-order valence-electron chi connectivity index (χ1n) is 13.5. The Hall–Kier alpha value is -0.570. The van der Waals surface area contributed by atoms with Gasteiger partial charge in [0.2, 0.25) is 0 Å². The van der Waals surface area contributed by atoms with Gasteiger partial charge < -0.3 is 9.47 Å². The van der Waals surface area contributed by atoms with Crippen LogP contribution < -0.4 is 0 Å². The van der Waals surface area contributed by atoms with E-state index in [0.29, 0.717) is 11.8 Å². The lowest BCUT2D eigenvalue weighted by atomic mass is 9.67. The minimum atomic E-state index is -4.22. The summed E-state index contributed by atoms with van der Waals surface area (Å²) in [6, 6.07) is 0. The Morgan fingerprint density at radius 2 is 1.29 bits per heavy atom. The molecule has 1 aliphatic heterocycles. The standard InChI is InChI=1S/C26H39F7O2/c1-2-14-3-8-23(34-13-14)16-6-4-15(5-7-16)17-9-19(27)24(20(28)10-17)26(32,33)35-18-11-21(29)25(31)22(30)12-18/h14-25H,2-13H2,1H3. The summed E-state index contributed by atoms with van der Waals surface area (Å²) in [6.45, 7) is 2.96. The SMILES string of the molecule is CCC1CCC(C2CCC(C3CC(F)C(C(F)(F)OC4CC(F)C(F)C(F)C4)C(F)C3)CC2)OC1. The minimum Gasteiger partial charge on any atom is -0.378 e. The molecule has 6 atom stereocenters. The first kappa shape index (κ1) is 27.5. The van der Waals surface area contributed by atoms with Crippen LogP contribution in [0.15, 0.2) is 0 Å². The average Bonchev–Trinajstić information content (AvgIpc) is 2.81. The topological polar surface area (TPSA) is 18.5 Å². The van der Waals surface area contributed by atoms with Gasteiger partial charge in [0.25, 0.3) is 0 Å². The molecule has 4 rings (SSSR count). The van der Waals surface area contributed by atoms with Crippen molar-refractivity contribution in [3.8, 4) is 0 Å². The van der Waals surface area contributed by atoms with Crippen molar-refractivity contribution in [3.63, 3.8) is 0 Å². The molecule has 0 aromatic heterocycles. The number of alkyl halides is 7. The zero-order valence-corrected chi connectivity index (χ0v) is 20.4. The summed E-state index contributed by atoms with van der Waals surface area (Å²) in [5.41, 5.74) is 0. The highest BCUT2D eigenvalue weighted by Crippen LogP contribution is 2.49. The predicted molar refractivity (Wildman–Crippen MR) is 118 cm³/mol. The second kappa shape index (κ2) is 11.4. The minimum absolute atomic E-state index is 0.0876. The van der Waals surface area contributed by atoms with Crippen LogP contribution in [0.1, 0.15) is 77.6 Å². The van der Waals surface area contributed by atoms with E-state index < -0.39 is 61.8 Å². The van der Waals surface area contributed by atoms with E-state index in [9.17, 15) is 30.7 Å². The van der Waals surface area contributed by atoms with Gasteiger partial charge in [-0.1, -0.05) is 13.3 Å². The lowest BCUT2D eigenvalue weighted by Crippen LogP contribution is -2.52. The number of hydrogen-bond acceptors (Lipinski definition) is 2. The molecule has 6 unspecified atom stereocenters. The first-order chi connectivity index (χ1) is 16.6. The smallest absolute Gasteiger partial charge is 0.364 e. The molecule has 0 aromatic rings. The monoisotopic (exact) mass is 516 g/mol. The Morgan fingerprint density at radius 1 is 0.714 bits per heavy atom. The van der Waals surface area contributed by atoms with Crippen molar-refractivity contribution in [2.45, 2.75) is 127 Å². The van der Waals surface area contributed by atoms with Gasteiger partial charge in [0.1, 0.15) is 30.6 Å². The van der Waals surface area contributed by atoms with Crippen LogP contribution in [0.4, 0.5) is 30.7 Å². The third-order valence-electron chi connectivity index (χ3n) is 9.21. The fourth-order valence-electron chi connectivity index (χ4n) is 6.99. The molecule has 0 amide bonds. The molecule has 3 aliphatic carbocycles. The van der Waals surface area contributed by atoms with E-state index in [1.807, 2.05) is 0 Å². The Labute approximate surface area is 203 Å². The third-order valence-corrected chi connectivity index (χ3v) is 9.21. The molecular weight excluding hydrogens is 477 g/mol. The molecule has 2 nitrogen and oxygen atoms in total. The zero-order chi connectivity index (χ0) is 25.3. The van der Waals surface area contributed by atoms with Crippen LogP contribution in [-0.2, 0) is 9.47 Å². The first-order valence-corrected chi connectivity index (χ1v) is 13.5.